The first kappa shape index (κ1) is 49.5. The van der Waals surface area contributed by atoms with E-state index in [1.165, 1.54) is 0 Å². The van der Waals surface area contributed by atoms with Gasteiger partial charge in [0.05, 0.1) is 0 Å². The van der Waals surface area contributed by atoms with E-state index >= 15 is 0 Å². The van der Waals surface area contributed by atoms with Crippen molar-refractivity contribution in [2.45, 2.75) is 0 Å². The van der Waals surface area contributed by atoms with Crippen LogP contribution in [0.3, 0.4) is 0 Å². The minimum atomic E-state index is -5.25. The zero-order valence-electron chi connectivity index (χ0n) is 4.23. The van der Waals surface area contributed by atoms with Gasteiger partial charge in [0.2, 0.25) is 0 Å². The molecule has 0 saturated heterocycles. The van der Waals surface area contributed by atoms with Gasteiger partial charge in [0.25, 0.3) is 0 Å². The third kappa shape index (κ3) is 209. The van der Waals surface area contributed by atoms with Crippen LogP contribution in [0.1, 0.15) is 0 Å². The van der Waals surface area contributed by atoms with Crippen molar-refractivity contribution >= 4 is 72.5 Å². The molecule has 7 nitrogen and oxygen atoms in total. The van der Waals surface area contributed by atoms with Gasteiger partial charge < -0.3 is 17.1 Å². The summed E-state index contributed by atoms with van der Waals surface area (Å²) in [6.07, 6.45) is 0. The molecule has 0 rings (SSSR count). The van der Waals surface area contributed by atoms with Gasteiger partial charge in [-0.2, -0.15) is 0 Å². The molecule has 0 aromatic rings. The molecule has 0 aliphatic heterocycles. The van der Waals surface area contributed by atoms with Gasteiger partial charge in [-0.1, -0.05) is 0 Å². The first-order valence-corrected chi connectivity index (χ1v) is 3.63. The zero-order valence-corrected chi connectivity index (χ0v) is 7.95. The molecular formula is H11MoNNa2O6Se. The second-order valence-corrected chi connectivity index (χ2v) is 2.33. The second kappa shape index (κ2) is 22.9. The SMILES string of the molecule is N.O.O.O=[Se](=O)(O)O.[Mo].[NaH].[NaH]. The normalized spacial score (nSPS) is 5.27. The van der Waals surface area contributed by atoms with Crippen LogP contribution >= 0.6 is 0 Å². The molecule has 0 radical (unpaired) electrons. The molecule has 0 aliphatic carbocycles. The summed E-state index contributed by atoms with van der Waals surface area (Å²) >= 11 is -5.25. The molecule has 0 saturated carbocycles. The van der Waals surface area contributed by atoms with E-state index in [1.807, 2.05) is 0 Å². The fourth-order valence-corrected chi connectivity index (χ4v) is 0. The van der Waals surface area contributed by atoms with Crippen LogP contribution in [0.25, 0.3) is 0 Å². The first-order chi connectivity index (χ1) is 2.00. The van der Waals surface area contributed by atoms with Crippen LogP contribution in [0.2, 0.25) is 0 Å². The molecule has 0 heterocycles. The monoisotopic (exact) mass is 345 g/mol. The topological polar surface area (TPSA) is 173 Å². The van der Waals surface area contributed by atoms with Crippen LogP contribution < -0.4 is 6.15 Å². The van der Waals surface area contributed by atoms with Gasteiger partial charge >= 0.3 is 88.5 Å². The van der Waals surface area contributed by atoms with Gasteiger partial charge in [0.15, 0.2) is 0 Å². The summed E-state index contributed by atoms with van der Waals surface area (Å²) in [4.78, 5) is 0. The molecule has 11 heavy (non-hydrogen) atoms. The fraction of sp³-hybridized carbons (Fsp3) is 0. The molecule has 0 bridgehead atoms. The number of hydrogen-bond acceptors (Lipinski definition) is 3. The van der Waals surface area contributed by atoms with Crippen LogP contribution in [0.5, 0.6) is 0 Å². The Labute approximate surface area is 125 Å². The van der Waals surface area contributed by atoms with Gasteiger partial charge in [-0.15, -0.1) is 0 Å². The van der Waals surface area contributed by atoms with E-state index in [0.29, 0.717) is 0 Å². The molecule has 0 amide bonds. The summed E-state index contributed by atoms with van der Waals surface area (Å²) in [7, 11) is 0. The summed E-state index contributed by atoms with van der Waals surface area (Å²) < 4.78 is 31.9. The van der Waals surface area contributed by atoms with Crippen LogP contribution in [0.4, 0.5) is 0 Å². The molecule has 11 heteroatoms. The summed E-state index contributed by atoms with van der Waals surface area (Å²) in [6, 6.07) is 0. The number of rotatable bonds is 0. The van der Waals surface area contributed by atoms with Gasteiger partial charge in [0, 0.05) is 21.1 Å². The Morgan fingerprint density at radius 1 is 0.909 bits per heavy atom. The third-order valence-electron chi connectivity index (χ3n) is 0. The molecule has 0 unspecified atom stereocenters. The standard InChI is InChI=1S/Mo.H3N.2Na.H2O4Se.2H2O.2H/c;;;;1-5(2,3)4;;;;/h;1H3;;;(H2,1,2,3,4);2*1H2;;. The average molecular weight is 342 g/mol. The Morgan fingerprint density at radius 2 is 0.909 bits per heavy atom. The van der Waals surface area contributed by atoms with Crippen molar-refractivity contribution in [2.24, 2.45) is 0 Å². The zero-order chi connectivity index (χ0) is 4.50. The molecule has 66 valence electrons. The second-order valence-electron chi connectivity index (χ2n) is 0.448. The van der Waals surface area contributed by atoms with Gasteiger partial charge in [-0.25, -0.2) is 0 Å². The molecule has 9 N–H and O–H groups in total. The molecule has 0 atom stereocenters. The van der Waals surface area contributed by atoms with Crippen molar-refractivity contribution in [2.75, 3.05) is 0 Å². The Morgan fingerprint density at radius 3 is 0.909 bits per heavy atom. The van der Waals surface area contributed by atoms with E-state index in [4.69, 9.17) is 16.0 Å². The van der Waals surface area contributed by atoms with Gasteiger partial charge in [-0.05, 0) is 0 Å². The van der Waals surface area contributed by atoms with E-state index in [1.54, 1.807) is 0 Å². The third-order valence-corrected chi connectivity index (χ3v) is 0. The predicted octanol–water partition coefficient (Wildman–Crippen LogP) is -4.52. The van der Waals surface area contributed by atoms with Gasteiger partial charge in [0.1, 0.15) is 0 Å². The molecule has 0 spiro atoms. The summed E-state index contributed by atoms with van der Waals surface area (Å²) in [5.74, 6) is 0. The van der Waals surface area contributed by atoms with Crippen LogP contribution in [-0.4, -0.2) is 91.8 Å². The molecule has 0 aliphatic rings. The molecule has 0 aromatic heterocycles. The minimum absolute atomic E-state index is 0. The van der Waals surface area contributed by atoms with E-state index < -0.39 is 13.4 Å². The summed E-state index contributed by atoms with van der Waals surface area (Å²) in [5.41, 5.74) is 0. The van der Waals surface area contributed by atoms with E-state index in [2.05, 4.69) is 0 Å². The van der Waals surface area contributed by atoms with Gasteiger partial charge in [-0.3, -0.25) is 0 Å². The Bertz CT molecular complexity index is 104. The quantitative estimate of drug-likeness (QED) is 0.376. The van der Waals surface area contributed by atoms with Crippen LogP contribution in [0.15, 0.2) is 0 Å². The molecule has 0 fully saturated rings. The van der Waals surface area contributed by atoms with E-state index in [-0.39, 0.29) is 97.3 Å². The number of hydrogen-bond donors (Lipinski definition) is 3. The summed E-state index contributed by atoms with van der Waals surface area (Å²) in [5, 5.41) is 0. The Balaban J connectivity index is -0.00000000533. The Kier molecular flexibility index (Phi) is 103. The molecule has 0 aromatic carbocycles. The van der Waals surface area contributed by atoms with Crippen LogP contribution in [0, 0.1) is 0 Å². The predicted molar refractivity (Wildman–Crippen MR) is 38.1 cm³/mol. The van der Waals surface area contributed by atoms with Crippen molar-refractivity contribution in [1.29, 1.82) is 0 Å². The van der Waals surface area contributed by atoms with Crippen LogP contribution in [-0.2, 0) is 28.7 Å². The van der Waals surface area contributed by atoms with Crippen molar-refractivity contribution in [3.63, 3.8) is 0 Å². The van der Waals surface area contributed by atoms with Crippen molar-refractivity contribution in [3.05, 3.63) is 0 Å². The maximum absolute atomic E-state index is 8.82. The summed E-state index contributed by atoms with van der Waals surface area (Å²) in [6.45, 7) is 0. The molecular weight excluding hydrogens is 331 g/mol. The fourth-order valence-electron chi connectivity index (χ4n) is 0. The van der Waals surface area contributed by atoms with E-state index in [9.17, 15) is 0 Å². The Hall–Kier alpha value is 2.61. The first-order valence-electron chi connectivity index (χ1n) is 0.698. The van der Waals surface area contributed by atoms with Crippen molar-refractivity contribution < 1.29 is 48.1 Å². The van der Waals surface area contributed by atoms with E-state index in [0.717, 1.165) is 0 Å². The maximum atomic E-state index is 8.82. The van der Waals surface area contributed by atoms with Crippen molar-refractivity contribution in [3.8, 4) is 0 Å². The van der Waals surface area contributed by atoms with Crippen molar-refractivity contribution in [1.82, 2.24) is 6.15 Å². The average Bonchev–Trinajstić information content (AvgIpc) is 0.722.